The molecule has 0 saturated heterocycles. The summed E-state index contributed by atoms with van der Waals surface area (Å²) >= 11 is 2.25. The molecule has 0 atom stereocenters. The first kappa shape index (κ1) is 12.7. The lowest BCUT2D eigenvalue weighted by atomic mass is 9.95. The van der Waals surface area contributed by atoms with Crippen LogP contribution in [0.15, 0.2) is 24.3 Å². The molecule has 5 heteroatoms. The molecule has 98 valence electrons. The number of fused-ring (bicyclic) bond motifs is 1. The summed E-state index contributed by atoms with van der Waals surface area (Å²) in [5, 5.41) is 13.6. The van der Waals surface area contributed by atoms with Gasteiger partial charge in [0.1, 0.15) is 0 Å². The fraction of sp³-hybridized carbons (Fsp3) is 0.286. The van der Waals surface area contributed by atoms with E-state index in [4.69, 9.17) is 0 Å². The van der Waals surface area contributed by atoms with E-state index in [-0.39, 0.29) is 5.69 Å². The molecule has 0 radical (unpaired) electrons. The predicted octanol–water partition coefficient (Wildman–Crippen LogP) is 3.05. The van der Waals surface area contributed by atoms with Gasteiger partial charge in [0, 0.05) is 14.8 Å². The Kier molecular flexibility index (Phi) is 3.30. The smallest absolute Gasteiger partial charge is 0.356 e. The van der Waals surface area contributed by atoms with Gasteiger partial charge in [0.05, 0.1) is 5.69 Å². The van der Waals surface area contributed by atoms with Crippen molar-refractivity contribution in [3.05, 3.63) is 44.8 Å². The van der Waals surface area contributed by atoms with Crippen molar-refractivity contribution in [2.75, 3.05) is 0 Å². The lowest BCUT2D eigenvalue weighted by Gasteiger charge is -2.13. The van der Waals surface area contributed by atoms with Crippen LogP contribution >= 0.6 is 22.6 Å². The lowest BCUT2D eigenvalue weighted by Crippen LogP contribution is -2.08. The van der Waals surface area contributed by atoms with E-state index in [1.807, 2.05) is 24.3 Å². The number of nitrogens with zero attached hydrogens (tertiary/aromatic N) is 2. The van der Waals surface area contributed by atoms with Crippen LogP contribution in [0.25, 0.3) is 5.69 Å². The third kappa shape index (κ3) is 2.27. The van der Waals surface area contributed by atoms with Crippen LogP contribution in [0.1, 0.15) is 34.6 Å². The van der Waals surface area contributed by atoms with E-state index in [0.717, 1.165) is 46.2 Å². The predicted molar refractivity (Wildman–Crippen MR) is 79.9 cm³/mol. The van der Waals surface area contributed by atoms with Crippen molar-refractivity contribution in [1.29, 1.82) is 0 Å². The van der Waals surface area contributed by atoms with Gasteiger partial charge < -0.3 is 5.11 Å². The van der Waals surface area contributed by atoms with Crippen molar-refractivity contribution >= 4 is 28.6 Å². The summed E-state index contributed by atoms with van der Waals surface area (Å²) in [6.45, 7) is 0. The Balaban J connectivity index is 2.16. The number of hydrogen-bond acceptors (Lipinski definition) is 2. The van der Waals surface area contributed by atoms with Crippen LogP contribution in [0.3, 0.4) is 0 Å². The van der Waals surface area contributed by atoms with Crippen molar-refractivity contribution in [3.8, 4) is 5.69 Å². The van der Waals surface area contributed by atoms with Gasteiger partial charge in [-0.25, -0.2) is 9.48 Å². The van der Waals surface area contributed by atoms with E-state index in [1.54, 1.807) is 4.68 Å². The largest absolute Gasteiger partial charge is 0.476 e. The standard InChI is InChI=1S/C14H13IN2O2/c15-9-5-7-10(8-6-9)17-12-4-2-1-3-11(12)13(16-17)14(18)19/h5-8H,1-4H2,(H,18,19). The third-order valence-corrected chi connectivity index (χ3v) is 4.17. The van der Waals surface area contributed by atoms with Crippen LogP contribution in [0, 0.1) is 3.57 Å². The highest BCUT2D eigenvalue weighted by Gasteiger charge is 2.24. The first-order valence-corrected chi connectivity index (χ1v) is 7.34. The number of carboxylic acid groups (broad SMARTS) is 1. The number of carbonyl (C=O) groups is 1. The first-order valence-electron chi connectivity index (χ1n) is 6.27. The van der Waals surface area contributed by atoms with Crippen LogP contribution < -0.4 is 0 Å². The normalized spacial score (nSPS) is 14.2. The molecule has 3 rings (SSSR count). The van der Waals surface area contributed by atoms with Crippen molar-refractivity contribution in [2.45, 2.75) is 25.7 Å². The van der Waals surface area contributed by atoms with E-state index in [9.17, 15) is 9.90 Å². The SMILES string of the molecule is O=C(O)c1nn(-c2ccc(I)cc2)c2c1CCCC2. The molecule has 1 aliphatic rings. The average molecular weight is 368 g/mol. The average Bonchev–Trinajstić information content (AvgIpc) is 2.79. The van der Waals surface area contributed by atoms with E-state index in [0.29, 0.717) is 0 Å². The molecule has 0 unspecified atom stereocenters. The van der Waals surface area contributed by atoms with Crippen molar-refractivity contribution in [1.82, 2.24) is 9.78 Å². The van der Waals surface area contributed by atoms with Gasteiger partial charge in [-0.2, -0.15) is 5.10 Å². The number of rotatable bonds is 2. The molecule has 2 aromatic rings. The molecule has 19 heavy (non-hydrogen) atoms. The molecule has 1 N–H and O–H groups in total. The molecule has 0 bridgehead atoms. The molecular formula is C14H13IN2O2. The quantitative estimate of drug-likeness (QED) is 0.830. The van der Waals surface area contributed by atoms with Crippen molar-refractivity contribution in [2.24, 2.45) is 0 Å². The molecule has 0 saturated carbocycles. The molecule has 1 aromatic heterocycles. The Hall–Kier alpha value is -1.37. The summed E-state index contributed by atoms with van der Waals surface area (Å²) in [6, 6.07) is 7.98. The second-order valence-corrected chi connectivity index (χ2v) is 5.92. The number of carboxylic acids is 1. The molecule has 4 nitrogen and oxygen atoms in total. The fourth-order valence-electron chi connectivity index (χ4n) is 2.57. The van der Waals surface area contributed by atoms with Gasteiger partial charge in [-0.3, -0.25) is 0 Å². The molecular weight excluding hydrogens is 355 g/mol. The van der Waals surface area contributed by atoms with Gasteiger partial charge in [-0.05, 0) is 72.5 Å². The zero-order valence-corrected chi connectivity index (χ0v) is 12.4. The van der Waals surface area contributed by atoms with Crippen LogP contribution in [0.4, 0.5) is 0 Å². The van der Waals surface area contributed by atoms with Crippen molar-refractivity contribution in [3.63, 3.8) is 0 Å². The monoisotopic (exact) mass is 368 g/mol. The Bertz CT molecular complexity index is 632. The van der Waals surface area contributed by atoms with Gasteiger partial charge in [0.15, 0.2) is 5.69 Å². The fourth-order valence-corrected chi connectivity index (χ4v) is 2.93. The van der Waals surface area contributed by atoms with E-state index in [2.05, 4.69) is 27.7 Å². The van der Waals surface area contributed by atoms with Gasteiger partial charge in [-0.15, -0.1) is 0 Å². The van der Waals surface area contributed by atoms with E-state index in [1.165, 1.54) is 0 Å². The Morgan fingerprint density at radius 1 is 1.21 bits per heavy atom. The summed E-state index contributed by atoms with van der Waals surface area (Å²) in [6.07, 6.45) is 3.87. The van der Waals surface area contributed by atoms with Crippen LogP contribution in [0.5, 0.6) is 0 Å². The maximum Gasteiger partial charge on any atom is 0.356 e. The molecule has 0 aliphatic heterocycles. The van der Waals surface area contributed by atoms with Crippen molar-refractivity contribution < 1.29 is 9.90 Å². The Morgan fingerprint density at radius 2 is 1.89 bits per heavy atom. The summed E-state index contributed by atoms with van der Waals surface area (Å²) in [7, 11) is 0. The minimum atomic E-state index is -0.928. The summed E-state index contributed by atoms with van der Waals surface area (Å²) in [4.78, 5) is 11.3. The first-order chi connectivity index (χ1) is 9.16. The van der Waals surface area contributed by atoms with Crippen LogP contribution in [-0.4, -0.2) is 20.9 Å². The summed E-state index contributed by atoms with van der Waals surface area (Å²) in [5.41, 5.74) is 3.13. The highest BCUT2D eigenvalue weighted by atomic mass is 127. The summed E-state index contributed by atoms with van der Waals surface area (Å²) in [5.74, 6) is -0.928. The number of halogens is 1. The maximum atomic E-state index is 11.3. The zero-order valence-electron chi connectivity index (χ0n) is 10.3. The maximum absolute atomic E-state index is 11.3. The van der Waals surface area contributed by atoms with Gasteiger partial charge in [-0.1, -0.05) is 0 Å². The minimum Gasteiger partial charge on any atom is -0.476 e. The molecule has 0 amide bonds. The van der Waals surface area contributed by atoms with E-state index < -0.39 is 5.97 Å². The number of benzene rings is 1. The number of hydrogen-bond donors (Lipinski definition) is 1. The molecule has 1 aliphatic carbocycles. The van der Waals surface area contributed by atoms with Crippen LogP contribution in [-0.2, 0) is 12.8 Å². The lowest BCUT2D eigenvalue weighted by molar-refractivity contribution is 0.0688. The number of aromatic carboxylic acids is 1. The Labute approximate surface area is 124 Å². The molecule has 1 aromatic carbocycles. The molecule has 0 fully saturated rings. The highest BCUT2D eigenvalue weighted by Crippen LogP contribution is 2.27. The summed E-state index contributed by atoms with van der Waals surface area (Å²) < 4.78 is 2.95. The topological polar surface area (TPSA) is 55.1 Å². The minimum absolute atomic E-state index is 0.216. The zero-order chi connectivity index (χ0) is 13.4. The molecule has 0 spiro atoms. The second-order valence-electron chi connectivity index (χ2n) is 4.67. The highest BCUT2D eigenvalue weighted by molar-refractivity contribution is 14.1. The third-order valence-electron chi connectivity index (χ3n) is 3.45. The van der Waals surface area contributed by atoms with Gasteiger partial charge >= 0.3 is 5.97 Å². The second kappa shape index (κ2) is 4.96. The molecule has 1 heterocycles. The van der Waals surface area contributed by atoms with E-state index >= 15 is 0 Å². The Morgan fingerprint density at radius 3 is 2.58 bits per heavy atom. The van der Waals surface area contributed by atoms with Crippen LogP contribution in [0.2, 0.25) is 0 Å². The van der Waals surface area contributed by atoms with Gasteiger partial charge in [0.25, 0.3) is 0 Å². The van der Waals surface area contributed by atoms with Gasteiger partial charge in [0.2, 0.25) is 0 Å². The number of aromatic nitrogens is 2.